The Morgan fingerprint density at radius 2 is 0.958 bits per heavy atom. The van der Waals surface area contributed by atoms with Crippen LogP contribution < -0.4 is 0 Å². The zero-order chi connectivity index (χ0) is 15.7. The van der Waals surface area contributed by atoms with E-state index in [0.717, 1.165) is 16.9 Å². The summed E-state index contributed by atoms with van der Waals surface area (Å²) in [4.78, 5) is 0. The van der Waals surface area contributed by atoms with Gasteiger partial charge in [-0.1, -0.05) is 109 Å². The third-order valence-electron chi connectivity index (χ3n) is 3.40. The number of hydrogen-bond donors (Lipinski definition) is 0. The van der Waals surface area contributed by atoms with Gasteiger partial charge in [0, 0.05) is 19.5 Å². The summed E-state index contributed by atoms with van der Waals surface area (Å²) in [5.74, 6) is 0. The van der Waals surface area contributed by atoms with E-state index in [1.807, 2.05) is 60.7 Å². The van der Waals surface area contributed by atoms with Crippen LogP contribution in [0.2, 0.25) is 0 Å². The summed E-state index contributed by atoms with van der Waals surface area (Å²) in [6.07, 6.45) is 8.29. The van der Waals surface area contributed by atoms with Gasteiger partial charge in [0.2, 0.25) is 0 Å². The van der Waals surface area contributed by atoms with Crippen molar-refractivity contribution >= 4 is 23.5 Å². The maximum atomic E-state index is 4.58. The Morgan fingerprint density at radius 3 is 1.54 bits per heavy atom. The van der Waals surface area contributed by atoms with Crippen LogP contribution in [0.5, 0.6) is 0 Å². The predicted molar refractivity (Wildman–Crippen MR) is 100 cm³/mol. The first kappa shape index (κ1) is 17.9. The molecular weight excluding hydrogens is 381 g/mol. The van der Waals surface area contributed by atoms with Gasteiger partial charge in [-0.2, -0.15) is 0 Å². The van der Waals surface area contributed by atoms with Crippen LogP contribution in [0.15, 0.2) is 97.1 Å². The molecule has 0 unspecified atom stereocenters. The van der Waals surface area contributed by atoms with E-state index in [9.17, 15) is 0 Å². The molecule has 0 aliphatic rings. The van der Waals surface area contributed by atoms with E-state index in [1.165, 1.54) is 5.56 Å². The van der Waals surface area contributed by atoms with Gasteiger partial charge in [0.15, 0.2) is 0 Å². The molecule has 0 aliphatic heterocycles. The number of hydrogen-bond acceptors (Lipinski definition) is 0. The fourth-order valence-electron chi connectivity index (χ4n) is 2.21. The first-order valence-corrected chi connectivity index (χ1v) is 7.67. The predicted octanol–water partition coefficient (Wildman–Crippen LogP) is 6.75. The van der Waals surface area contributed by atoms with E-state index in [2.05, 4.69) is 53.9 Å². The topological polar surface area (TPSA) is 14.1 Å². The molecule has 0 N–H and O–H groups in total. The Morgan fingerprint density at radius 1 is 0.500 bits per heavy atom. The fourth-order valence-corrected chi connectivity index (χ4v) is 2.21. The fraction of sp³-hybridized carbons (Fsp3) is 0. The maximum absolute atomic E-state index is 4.58. The van der Waals surface area contributed by atoms with Gasteiger partial charge in [-0.25, -0.2) is 0 Å². The van der Waals surface area contributed by atoms with Crippen LogP contribution in [0, 0.1) is 0 Å². The number of nitrogens with zero attached hydrogens (tertiary/aromatic N) is 1. The van der Waals surface area contributed by atoms with Crippen molar-refractivity contribution in [2.75, 3.05) is 0 Å². The molecule has 3 aromatic rings. The van der Waals surface area contributed by atoms with Crippen LogP contribution >= 0.6 is 0 Å². The van der Waals surface area contributed by atoms with Gasteiger partial charge in [-0.3, -0.25) is 0 Å². The molecule has 24 heavy (non-hydrogen) atoms. The van der Waals surface area contributed by atoms with Crippen molar-refractivity contribution < 1.29 is 19.5 Å². The number of para-hydroxylation sites is 1. The monoisotopic (exact) mass is 399 g/mol. The summed E-state index contributed by atoms with van der Waals surface area (Å²) in [6.45, 7) is 0. The normalized spacial score (nSPS) is 10.7. The molecule has 2 heteroatoms. The van der Waals surface area contributed by atoms with Crippen molar-refractivity contribution in [2.24, 2.45) is 0 Å². The first-order valence-electron chi connectivity index (χ1n) is 7.67. The molecule has 1 radical (unpaired) electrons. The average Bonchev–Trinajstić information content (AvgIpc) is 2.62. The van der Waals surface area contributed by atoms with Crippen molar-refractivity contribution in [1.82, 2.24) is 0 Å². The second-order valence-corrected chi connectivity index (χ2v) is 5.17. The summed E-state index contributed by atoms with van der Waals surface area (Å²) >= 11 is 0. The molecule has 0 saturated heterocycles. The van der Waals surface area contributed by atoms with E-state index >= 15 is 0 Å². The summed E-state index contributed by atoms with van der Waals surface area (Å²) in [5, 5.41) is 4.58. The van der Waals surface area contributed by atoms with Crippen LogP contribution in [0.4, 0.5) is 11.4 Å². The molecule has 0 fully saturated rings. The number of allylic oxidation sites excluding steroid dienone is 2. The smallest absolute Gasteiger partial charge is 0 e. The molecule has 3 aromatic carbocycles. The minimum absolute atomic E-state index is 0. The molecule has 0 aliphatic carbocycles. The van der Waals surface area contributed by atoms with Crippen molar-refractivity contribution in [3.8, 4) is 0 Å². The van der Waals surface area contributed by atoms with Gasteiger partial charge in [-0.15, -0.1) is 11.4 Å². The zero-order valence-electron chi connectivity index (χ0n) is 13.2. The van der Waals surface area contributed by atoms with E-state index in [-0.39, 0.29) is 19.5 Å². The van der Waals surface area contributed by atoms with Gasteiger partial charge >= 0.3 is 0 Å². The molecule has 0 heterocycles. The minimum Gasteiger partial charge on any atom is -0.658 e. The SMILES string of the molecule is C(/C=C/c1ccc([N-]c2ccccc2)cc1)=C\c1ccccc1.[Rh]. The number of rotatable bonds is 5. The van der Waals surface area contributed by atoms with E-state index in [0.29, 0.717) is 0 Å². The van der Waals surface area contributed by atoms with Crippen molar-refractivity contribution in [3.05, 3.63) is 114 Å². The van der Waals surface area contributed by atoms with Gasteiger partial charge < -0.3 is 5.32 Å². The Labute approximate surface area is 156 Å². The second kappa shape index (κ2) is 9.65. The molecule has 0 bridgehead atoms. The summed E-state index contributed by atoms with van der Waals surface area (Å²) in [5.41, 5.74) is 4.30. The Balaban J connectivity index is 0.00000208. The van der Waals surface area contributed by atoms with Gasteiger partial charge in [0.1, 0.15) is 0 Å². The third kappa shape index (κ3) is 5.64. The van der Waals surface area contributed by atoms with Crippen molar-refractivity contribution in [1.29, 1.82) is 0 Å². The molecule has 0 amide bonds. The van der Waals surface area contributed by atoms with Crippen LogP contribution in [0.1, 0.15) is 11.1 Å². The largest absolute Gasteiger partial charge is 0.658 e. The van der Waals surface area contributed by atoms with Crippen LogP contribution in [-0.2, 0) is 19.5 Å². The summed E-state index contributed by atoms with van der Waals surface area (Å²) in [6, 6.07) is 28.5. The average molecular weight is 399 g/mol. The third-order valence-corrected chi connectivity index (χ3v) is 3.40. The minimum atomic E-state index is 0. The molecule has 0 aromatic heterocycles. The van der Waals surface area contributed by atoms with Crippen molar-refractivity contribution in [3.63, 3.8) is 0 Å². The molecule has 0 atom stereocenters. The van der Waals surface area contributed by atoms with Gasteiger partial charge in [-0.05, 0) is 11.1 Å². The van der Waals surface area contributed by atoms with E-state index in [1.54, 1.807) is 0 Å². The first-order chi connectivity index (χ1) is 11.4. The van der Waals surface area contributed by atoms with Crippen LogP contribution in [-0.4, -0.2) is 0 Å². The van der Waals surface area contributed by atoms with Gasteiger partial charge in [0.05, 0.1) is 0 Å². The van der Waals surface area contributed by atoms with Crippen LogP contribution in [0.3, 0.4) is 0 Å². The number of benzene rings is 3. The molecule has 121 valence electrons. The molecule has 3 rings (SSSR count). The molecular formula is C22H18NRh-. The molecule has 1 nitrogen and oxygen atoms in total. The molecule has 0 spiro atoms. The standard InChI is InChI=1S/C22H18N.Rh/c1-3-9-19(10-4-1)11-7-8-12-20-15-17-22(18-16-20)23-21-13-5-2-6-14-21;/h1-18H;/q-1;/b11-7+,12-8+;. The Hall–Kier alpha value is -2.44. The quantitative estimate of drug-likeness (QED) is 0.333. The van der Waals surface area contributed by atoms with E-state index < -0.39 is 0 Å². The van der Waals surface area contributed by atoms with Gasteiger partial charge in [0.25, 0.3) is 0 Å². The second-order valence-electron chi connectivity index (χ2n) is 5.17. The van der Waals surface area contributed by atoms with Crippen LogP contribution in [0.25, 0.3) is 17.5 Å². The molecule has 0 saturated carbocycles. The zero-order valence-corrected chi connectivity index (χ0v) is 14.8. The van der Waals surface area contributed by atoms with Crippen molar-refractivity contribution in [2.45, 2.75) is 0 Å². The maximum Gasteiger partial charge on any atom is 0 e. The van der Waals surface area contributed by atoms with E-state index in [4.69, 9.17) is 0 Å². The Kier molecular flexibility index (Phi) is 7.20. The summed E-state index contributed by atoms with van der Waals surface area (Å²) in [7, 11) is 0. The Bertz CT molecular complexity index is 775. The summed E-state index contributed by atoms with van der Waals surface area (Å²) < 4.78 is 0.